The summed E-state index contributed by atoms with van der Waals surface area (Å²) in [6.45, 7) is 6.68. The van der Waals surface area contributed by atoms with E-state index in [1.54, 1.807) is 18.2 Å². The molecule has 4 heteroatoms. The minimum absolute atomic E-state index is 0.124. The zero-order valence-electron chi connectivity index (χ0n) is 25.1. The largest absolute Gasteiger partial charge is 0.354 e. The van der Waals surface area contributed by atoms with Crippen LogP contribution in [0, 0.1) is 0 Å². The standard InChI is InChI=1S/C36H54N2O2/c1-3-5-6-7-8-9-10-11-12-13-14-15-16-17-18-22-29-37-36(40)34(30-32-23-20-19-21-24-32)38-35(39)33-27-25-31(4-2)26-28-33/h4,19-21,23-28,34H,2-3,5-18,22,29-30H2,1H3,(H,37,40)(H,38,39)/t34-/m0/s1. The van der Waals surface area contributed by atoms with E-state index in [0.29, 0.717) is 18.5 Å². The first-order valence-corrected chi connectivity index (χ1v) is 16.0. The summed E-state index contributed by atoms with van der Waals surface area (Å²) in [5, 5.41) is 6.01. The number of nitrogens with one attached hydrogen (secondary N) is 2. The van der Waals surface area contributed by atoms with Crippen LogP contribution in [0.1, 0.15) is 131 Å². The lowest BCUT2D eigenvalue weighted by molar-refractivity contribution is -0.122. The van der Waals surface area contributed by atoms with Crippen molar-refractivity contribution in [1.29, 1.82) is 0 Å². The number of hydrogen-bond donors (Lipinski definition) is 2. The van der Waals surface area contributed by atoms with Crippen molar-refractivity contribution in [3.05, 3.63) is 77.9 Å². The SMILES string of the molecule is C=Cc1ccc(C(=O)N[C@@H](Cc2ccccc2)C(=O)NCCCCCCCCCCCCCCCCCC)cc1. The predicted molar refractivity (Wildman–Crippen MR) is 170 cm³/mol. The summed E-state index contributed by atoms with van der Waals surface area (Å²) in [7, 11) is 0. The van der Waals surface area contributed by atoms with E-state index < -0.39 is 6.04 Å². The van der Waals surface area contributed by atoms with Crippen LogP contribution in [-0.4, -0.2) is 24.4 Å². The highest BCUT2D eigenvalue weighted by Crippen LogP contribution is 2.14. The number of hydrogen-bond acceptors (Lipinski definition) is 2. The molecule has 0 unspecified atom stereocenters. The van der Waals surface area contributed by atoms with E-state index in [0.717, 1.165) is 24.0 Å². The van der Waals surface area contributed by atoms with Crippen molar-refractivity contribution in [3.8, 4) is 0 Å². The summed E-state index contributed by atoms with van der Waals surface area (Å²) in [6, 6.07) is 16.5. The molecule has 0 aromatic heterocycles. The zero-order chi connectivity index (χ0) is 28.7. The fraction of sp³-hybridized carbons (Fsp3) is 0.556. The highest BCUT2D eigenvalue weighted by molar-refractivity contribution is 5.97. The Kier molecular flexibility index (Phi) is 18.2. The van der Waals surface area contributed by atoms with Gasteiger partial charge in [0.05, 0.1) is 0 Å². The van der Waals surface area contributed by atoms with Gasteiger partial charge in [-0.15, -0.1) is 0 Å². The normalized spacial score (nSPS) is 11.6. The maximum atomic E-state index is 13.0. The Morgan fingerprint density at radius 1 is 0.700 bits per heavy atom. The molecule has 4 nitrogen and oxygen atoms in total. The van der Waals surface area contributed by atoms with E-state index in [9.17, 15) is 9.59 Å². The van der Waals surface area contributed by atoms with Gasteiger partial charge in [-0.1, -0.05) is 158 Å². The second-order valence-electron chi connectivity index (χ2n) is 11.1. The molecule has 2 aromatic rings. The van der Waals surface area contributed by atoms with E-state index in [4.69, 9.17) is 0 Å². The summed E-state index contributed by atoms with van der Waals surface area (Å²) < 4.78 is 0. The molecule has 1 atom stereocenters. The monoisotopic (exact) mass is 546 g/mol. The fourth-order valence-electron chi connectivity index (χ4n) is 5.08. The third kappa shape index (κ3) is 15.1. The van der Waals surface area contributed by atoms with Gasteiger partial charge < -0.3 is 10.6 Å². The van der Waals surface area contributed by atoms with Crippen molar-refractivity contribution in [1.82, 2.24) is 10.6 Å². The quantitative estimate of drug-likeness (QED) is 0.137. The lowest BCUT2D eigenvalue weighted by atomic mass is 10.0. The van der Waals surface area contributed by atoms with Gasteiger partial charge in [-0.2, -0.15) is 0 Å². The van der Waals surface area contributed by atoms with Crippen molar-refractivity contribution >= 4 is 17.9 Å². The zero-order valence-corrected chi connectivity index (χ0v) is 25.1. The Bertz CT molecular complexity index is 939. The minimum Gasteiger partial charge on any atom is -0.354 e. The van der Waals surface area contributed by atoms with Crippen LogP contribution in [0.15, 0.2) is 61.2 Å². The van der Waals surface area contributed by atoms with Crippen LogP contribution in [0.2, 0.25) is 0 Å². The van der Waals surface area contributed by atoms with Gasteiger partial charge in [0.15, 0.2) is 0 Å². The number of benzene rings is 2. The van der Waals surface area contributed by atoms with Crippen LogP contribution in [0.25, 0.3) is 6.08 Å². The third-order valence-electron chi connectivity index (χ3n) is 7.64. The summed E-state index contributed by atoms with van der Waals surface area (Å²) >= 11 is 0. The number of amides is 2. The number of unbranched alkanes of at least 4 members (excludes halogenated alkanes) is 15. The Morgan fingerprint density at radius 3 is 1.70 bits per heavy atom. The van der Waals surface area contributed by atoms with Crippen molar-refractivity contribution in [3.63, 3.8) is 0 Å². The van der Waals surface area contributed by atoms with Gasteiger partial charge in [0.1, 0.15) is 6.04 Å². The molecular formula is C36H54N2O2. The van der Waals surface area contributed by atoms with Gasteiger partial charge in [-0.25, -0.2) is 0 Å². The van der Waals surface area contributed by atoms with Crippen LogP contribution in [0.4, 0.5) is 0 Å². The average Bonchev–Trinajstić information content (AvgIpc) is 2.98. The summed E-state index contributed by atoms with van der Waals surface area (Å²) in [5.74, 6) is -0.366. The van der Waals surface area contributed by atoms with Crippen molar-refractivity contribution in [2.24, 2.45) is 0 Å². The number of carbonyl (C=O) groups is 2. The van der Waals surface area contributed by atoms with E-state index in [2.05, 4.69) is 24.1 Å². The summed E-state index contributed by atoms with van der Waals surface area (Å²) in [5.41, 5.74) is 2.51. The van der Waals surface area contributed by atoms with Gasteiger partial charge in [0.2, 0.25) is 5.91 Å². The molecule has 2 rings (SSSR count). The first-order valence-electron chi connectivity index (χ1n) is 16.0. The summed E-state index contributed by atoms with van der Waals surface area (Å²) in [6.07, 6.45) is 23.5. The second-order valence-corrected chi connectivity index (χ2v) is 11.1. The van der Waals surface area contributed by atoms with Crippen molar-refractivity contribution in [2.45, 2.75) is 122 Å². The molecule has 0 bridgehead atoms. The first-order chi connectivity index (χ1) is 19.6. The molecule has 40 heavy (non-hydrogen) atoms. The van der Waals surface area contributed by atoms with Crippen LogP contribution in [-0.2, 0) is 11.2 Å². The van der Waals surface area contributed by atoms with Crippen LogP contribution < -0.4 is 10.6 Å². The molecule has 2 N–H and O–H groups in total. The smallest absolute Gasteiger partial charge is 0.251 e. The van der Waals surface area contributed by atoms with E-state index >= 15 is 0 Å². The molecule has 0 aliphatic heterocycles. The lowest BCUT2D eigenvalue weighted by Gasteiger charge is -2.19. The van der Waals surface area contributed by atoms with E-state index in [1.165, 1.54) is 89.9 Å². The fourth-order valence-corrected chi connectivity index (χ4v) is 5.08. The van der Waals surface area contributed by atoms with Crippen LogP contribution in [0.5, 0.6) is 0 Å². The lowest BCUT2D eigenvalue weighted by Crippen LogP contribution is -2.48. The van der Waals surface area contributed by atoms with Gasteiger partial charge >= 0.3 is 0 Å². The molecule has 0 saturated carbocycles. The Balaban J connectivity index is 1.59. The minimum atomic E-state index is -0.616. The van der Waals surface area contributed by atoms with E-state index in [-0.39, 0.29) is 11.8 Å². The van der Waals surface area contributed by atoms with Gasteiger partial charge in [0.25, 0.3) is 5.91 Å². The highest BCUT2D eigenvalue weighted by Gasteiger charge is 2.21. The Morgan fingerprint density at radius 2 is 1.20 bits per heavy atom. The molecule has 2 aromatic carbocycles. The molecule has 0 aliphatic rings. The Hall–Kier alpha value is -2.88. The first kappa shape index (κ1) is 33.3. The predicted octanol–water partition coefficient (Wildman–Crippen LogP) is 9.05. The van der Waals surface area contributed by atoms with Gasteiger partial charge in [-0.3, -0.25) is 9.59 Å². The molecular weight excluding hydrogens is 492 g/mol. The molecule has 220 valence electrons. The maximum absolute atomic E-state index is 13.0. The topological polar surface area (TPSA) is 58.2 Å². The number of carbonyl (C=O) groups excluding carboxylic acids is 2. The molecule has 0 saturated heterocycles. The van der Waals surface area contributed by atoms with Crippen molar-refractivity contribution < 1.29 is 9.59 Å². The Labute approximate surface area is 244 Å². The molecule has 0 aliphatic carbocycles. The van der Waals surface area contributed by atoms with Crippen LogP contribution in [0.3, 0.4) is 0 Å². The number of rotatable bonds is 23. The van der Waals surface area contributed by atoms with E-state index in [1.807, 2.05) is 42.5 Å². The third-order valence-corrected chi connectivity index (χ3v) is 7.64. The second kappa shape index (κ2) is 21.9. The van der Waals surface area contributed by atoms with Crippen LogP contribution >= 0.6 is 0 Å². The molecule has 0 fully saturated rings. The molecule has 2 amide bonds. The van der Waals surface area contributed by atoms with Gasteiger partial charge in [0, 0.05) is 18.5 Å². The summed E-state index contributed by atoms with van der Waals surface area (Å²) in [4.78, 5) is 25.9. The van der Waals surface area contributed by atoms with Gasteiger partial charge in [-0.05, 0) is 29.7 Å². The maximum Gasteiger partial charge on any atom is 0.251 e. The molecule has 0 radical (unpaired) electrons. The average molecular weight is 547 g/mol. The van der Waals surface area contributed by atoms with Crippen molar-refractivity contribution in [2.75, 3.05) is 6.54 Å². The molecule has 0 heterocycles. The highest BCUT2D eigenvalue weighted by atomic mass is 16.2. The molecule has 0 spiro atoms.